The van der Waals surface area contributed by atoms with Gasteiger partial charge in [-0.05, 0) is 82.4 Å². The fourth-order valence-corrected chi connectivity index (χ4v) is 10.2. The molecular formula is C35H49NO7. The number of hydrogen-bond acceptors (Lipinski definition) is 8. The minimum absolute atomic E-state index is 0.0391. The summed E-state index contributed by atoms with van der Waals surface area (Å²) >= 11 is 0. The van der Waals surface area contributed by atoms with Crippen LogP contribution in [0.4, 0.5) is 0 Å². The van der Waals surface area contributed by atoms with E-state index in [1.807, 2.05) is 30.3 Å². The molecule has 43 heavy (non-hydrogen) atoms. The summed E-state index contributed by atoms with van der Waals surface area (Å²) in [7, 11) is 4.19. The Labute approximate surface area is 256 Å². The van der Waals surface area contributed by atoms with Crippen molar-refractivity contribution in [3.63, 3.8) is 0 Å². The molecule has 0 amide bonds. The number of fused-ring (bicyclic) bond motifs is 5. The Morgan fingerprint density at radius 3 is 2.14 bits per heavy atom. The van der Waals surface area contributed by atoms with E-state index in [9.17, 15) is 19.2 Å². The number of nitrogens with zero attached hydrogens (tertiary/aromatic N) is 1. The fourth-order valence-electron chi connectivity index (χ4n) is 10.2. The summed E-state index contributed by atoms with van der Waals surface area (Å²) in [5.41, 5.74) is -0.188. The predicted octanol–water partition coefficient (Wildman–Crippen LogP) is 5.01. The molecular weight excluding hydrogens is 546 g/mol. The van der Waals surface area contributed by atoms with E-state index in [1.54, 1.807) is 6.92 Å². The summed E-state index contributed by atoms with van der Waals surface area (Å²) in [6, 6.07) is 9.85. The van der Waals surface area contributed by atoms with Gasteiger partial charge in [-0.15, -0.1) is 0 Å². The monoisotopic (exact) mass is 595 g/mol. The SMILES string of the molecule is CC(=O)OC1CC2C(C(OC(=O)Cc3ccccc3)C(OC(C)=O)C3(C)C(C(C)=O)CCC23)C2(C)CCC(N(C)C)CC12. The van der Waals surface area contributed by atoms with Gasteiger partial charge in [0.15, 0.2) is 0 Å². The molecule has 4 saturated carbocycles. The van der Waals surface area contributed by atoms with Gasteiger partial charge in [-0.2, -0.15) is 0 Å². The van der Waals surface area contributed by atoms with Crippen LogP contribution >= 0.6 is 0 Å². The molecule has 0 N–H and O–H groups in total. The molecule has 8 heteroatoms. The summed E-state index contributed by atoms with van der Waals surface area (Å²) in [5, 5.41) is 0. The second-order valence-electron chi connectivity index (χ2n) is 14.4. The molecule has 236 valence electrons. The van der Waals surface area contributed by atoms with Gasteiger partial charge in [-0.1, -0.05) is 44.2 Å². The maximum Gasteiger partial charge on any atom is 0.310 e. The third-order valence-electron chi connectivity index (χ3n) is 12.0. The first-order valence-corrected chi connectivity index (χ1v) is 16.0. The molecule has 0 aromatic heterocycles. The topological polar surface area (TPSA) is 99.2 Å². The van der Waals surface area contributed by atoms with Gasteiger partial charge in [0, 0.05) is 43.1 Å². The molecule has 8 nitrogen and oxygen atoms in total. The standard InChI is InChI=1S/C35H49NO7/c1-20(37)26-13-14-27-25-19-29(41-21(2)38)28-18-24(36(6)7)15-16-34(28,4)31(25)32(33(35(26,27)5)42-22(3)39)43-30(40)17-23-11-9-8-10-12-23/h8-12,24-29,31-33H,13-19H2,1-7H3. The third kappa shape index (κ3) is 5.65. The van der Waals surface area contributed by atoms with E-state index >= 15 is 0 Å². The molecule has 11 atom stereocenters. The van der Waals surface area contributed by atoms with E-state index < -0.39 is 23.6 Å². The number of esters is 3. The maximum atomic E-state index is 13.7. The number of Topliss-reactive ketones (excluding diaryl/α,β-unsaturated/α-hetero) is 1. The van der Waals surface area contributed by atoms with E-state index in [1.165, 1.54) is 13.8 Å². The highest BCUT2D eigenvalue weighted by Gasteiger charge is 2.71. The van der Waals surface area contributed by atoms with Crippen LogP contribution in [0.15, 0.2) is 30.3 Å². The van der Waals surface area contributed by atoms with Crippen molar-refractivity contribution in [1.29, 1.82) is 0 Å². The maximum absolute atomic E-state index is 13.7. The summed E-state index contributed by atoms with van der Waals surface area (Å²) in [4.78, 5) is 54.3. The molecule has 1 aromatic carbocycles. The minimum atomic E-state index is -0.748. The molecule has 5 rings (SSSR count). The quantitative estimate of drug-likeness (QED) is 0.320. The average Bonchev–Trinajstić information content (AvgIpc) is 3.28. The summed E-state index contributed by atoms with van der Waals surface area (Å²) in [6.07, 6.45) is 3.25. The van der Waals surface area contributed by atoms with Crippen LogP contribution in [0.2, 0.25) is 0 Å². The lowest BCUT2D eigenvalue weighted by molar-refractivity contribution is -0.258. The van der Waals surface area contributed by atoms with Crippen LogP contribution in [0.1, 0.15) is 78.7 Å². The second-order valence-corrected chi connectivity index (χ2v) is 14.4. The average molecular weight is 596 g/mol. The molecule has 11 unspecified atom stereocenters. The van der Waals surface area contributed by atoms with Crippen molar-refractivity contribution < 1.29 is 33.4 Å². The van der Waals surface area contributed by atoms with Crippen LogP contribution in [-0.4, -0.2) is 67.0 Å². The fraction of sp³-hybridized carbons (Fsp3) is 0.714. The Kier molecular flexibility index (Phi) is 8.83. The van der Waals surface area contributed by atoms with Gasteiger partial charge in [0.05, 0.1) is 6.42 Å². The van der Waals surface area contributed by atoms with Gasteiger partial charge >= 0.3 is 17.9 Å². The first kappa shape index (κ1) is 31.7. The van der Waals surface area contributed by atoms with E-state index in [2.05, 4.69) is 32.8 Å². The molecule has 4 aliphatic carbocycles. The molecule has 0 heterocycles. The highest BCUT2D eigenvalue weighted by atomic mass is 16.6. The van der Waals surface area contributed by atoms with Crippen LogP contribution in [0.25, 0.3) is 0 Å². The molecule has 0 spiro atoms. The van der Waals surface area contributed by atoms with Gasteiger partial charge in [-0.3, -0.25) is 19.2 Å². The smallest absolute Gasteiger partial charge is 0.310 e. The lowest BCUT2D eigenvalue weighted by Crippen LogP contribution is -2.69. The van der Waals surface area contributed by atoms with Crippen molar-refractivity contribution in [3.05, 3.63) is 35.9 Å². The van der Waals surface area contributed by atoms with Crippen LogP contribution in [0, 0.1) is 40.4 Å². The van der Waals surface area contributed by atoms with E-state index in [4.69, 9.17) is 14.2 Å². The Hall–Kier alpha value is -2.74. The van der Waals surface area contributed by atoms with Crippen molar-refractivity contribution >= 4 is 23.7 Å². The Morgan fingerprint density at radius 1 is 0.860 bits per heavy atom. The minimum Gasteiger partial charge on any atom is -0.462 e. The van der Waals surface area contributed by atoms with Crippen molar-refractivity contribution in [2.45, 2.75) is 104 Å². The van der Waals surface area contributed by atoms with E-state index in [0.29, 0.717) is 18.9 Å². The molecule has 0 radical (unpaired) electrons. The Balaban J connectivity index is 1.63. The van der Waals surface area contributed by atoms with Crippen molar-refractivity contribution in [1.82, 2.24) is 4.90 Å². The highest BCUT2D eigenvalue weighted by Crippen LogP contribution is 2.69. The van der Waals surface area contributed by atoms with Gasteiger partial charge < -0.3 is 19.1 Å². The largest absolute Gasteiger partial charge is 0.462 e. The molecule has 4 fully saturated rings. The Morgan fingerprint density at radius 2 is 1.53 bits per heavy atom. The number of carbonyl (C=O) groups is 4. The summed E-state index contributed by atoms with van der Waals surface area (Å²) in [5.74, 6) is -1.29. The zero-order chi connectivity index (χ0) is 31.3. The highest BCUT2D eigenvalue weighted by molar-refractivity contribution is 5.80. The van der Waals surface area contributed by atoms with E-state index in [-0.39, 0.29) is 65.3 Å². The first-order chi connectivity index (χ1) is 20.3. The molecule has 0 aliphatic heterocycles. The zero-order valence-corrected chi connectivity index (χ0v) is 26.8. The summed E-state index contributed by atoms with van der Waals surface area (Å²) in [6.45, 7) is 8.84. The van der Waals surface area contributed by atoms with E-state index in [0.717, 1.165) is 31.2 Å². The van der Waals surface area contributed by atoms with Crippen LogP contribution in [-0.2, 0) is 39.8 Å². The predicted molar refractivity (Wildman–Crippen MR) is 161 cm³/mol. The van der Waals surface area contributed by atoms with Crippen molar-refractivity contribution in [2.24, 2.45) is 40.4 Å². The number of carbonyl (C=O) groups excluding carboxylic acids is 4. The normalized spacial score (nSPS) is 40.0. The van der Waals surface area contributed by atoms with Gasteiger partial charge in [-0.25, -0.2) is 0 Å². The summed E-state index contributed by atoms with van der Waals surface area (Å²) < 4.78 is 18.9. The number of ketones is 1. The molecule has 0 saturated heterocycles. The zero-order valence-electron chi connectivity index (χ0n) is 26.8. The van der Waals surface area contributed by atoms with Gasteiger partial charge in [0.25, 0.3) is 0 Å². The lowest BCUT2D eigenvalue weighted by Gasteiger charge is -2.65. The molecule has 4 aliphatic rings. The van der Waals surface area contributed by atoms with Gasteiger partial charge in [0.2, 0.25) is 0 Å². The van der Waals surface area contributed by atoms with Gasteiger partial charge in [0.1, 0.15) is 24.1 Å². The lowest BCUT2D eigenvalue weighted by atomic mass is 9.42. The second kappa shape index (κ2) is 12.0. The third-order valence-corrected chi connectivity index (χ3v) is 12.0. The number of hydrogen-bond donors (Lipinski definition) is 0. The number of rotatable bonds is 7. The van der Waals surface area contributed by atoms with Crippen LogP contribution < -0.4 is 0 Å². The molecule has 0 bridgehead atoms. The van der Waals surface area contributed by atoms with Crippen LogP contribution in [0.3, 0.4) is 0 Å². The Bertz CT molecular complexity index is 1230. The van der Waals surface area contributed by atoms with Crippen LogP contribution in [0.5, 0.6) is 0 Å². The first-order valence-electron chi connectivity index (χ1n) is 16.0. The molecule has 1 aromatic rings. The van der Waals surface area contributed by atoms with Crippen molar-refractivity contribution in [2.75, 3.05) is 14.1 Å². The number of ether oxygens (including phenoxy) is 3. The van der Waals surface area contributed by atoms with Crippen molar-refractivity contribution in [3.8, 4) is 0 Å². The number of benzene rings is 1.